The molecule has 0 saturated carbocycles. The van der Waals surface area contributed by atoms with Crippen molar-refractivity contribution in [1.29, 1.82) is 0 Å². The van der Waals surface area contributed by atoms with Crippen molar-refractivity contribution >= 4 is 17.3 Å². The molecule has 0 rings (SSSR count). The first-order valence-corrected chi connectivity index (χ1v) is 3.67. The average Bonchev–Trinajstić information content (AvgIpc) is 2.01. The minimum Gasteiger partial charge on any atom is -0.484 e. The second-order valence-electron chi connectivity index (χ2n) is 1.99. The molecule has 0 aliphatic carbocycles. The highest BCUT2D eigenvalue weighted by Crippen LogP contribution is 1.91. The molecule has 0 heterocycles. The van der Waals surface area contributed by atoms with Gasteiger partial charge in [-0.25, -0.2) is 0 Å². The van der Waals surface area contributed by atoms with Gasteiger partial charge in [-0.2, -0.15) is 0 Å². The summed E-state index contributed by atoms with van der Waals surface area (Å²) < 4.78 is 4.80. The predicted octanol–water partition coefficient (Wildman–Crippen LogP) is -0.934. The normalized spacial score (nSPS) is 12.6. The molecule has 0 amide bonds. The highest BCUT2D eigenvalue weighted by atomic mass is 32.1. The lowest BCUT2D eigenvalue weighted by molar-refractivity contribution is 0.0494. The fourth-order valence-electron chi connectivity index (χ4n) is 0.405. The molecule has 0 aliphatic heterocycles. The van der Waals surface area contributed by atoms with Gasteiger partial charge in [-0.3, -0.25) is 0 Å². The Balaban J connectivity index is 3.30. The summed E-state index contributed by atoms with van der Waals surface area (Å²) in [6, 6.07) is 0. The van der Waals surface area contributed by atoms with E-state index >= 15 is 0 Å². The van der Waals surface area contributed by atoms with Crippen LogP contribution in [0.1, 0.15) is 6.42 Å². The van der Waals surface area contributed by atoms with Crippen LogP contribution in [0, 0.1) is 0 Å². The maximum absolute atomic E-state index is 8.78. The van der Waals surface area contributed by atoms with Gasteiger partial charge in [-0.05, 0) is 12.2 Å². The maximum atomic E-state index is 8.78. The fourth-order valence-corrected chi connectivity index (χ4v) is 0.565. The van der Waals surface area contributed by atoms with Crippen LogP contribution in [0.25, 0.3) is 0 Å². The summed E-state index contributed by atoms with van der Waals surface area (Å²) in [5.41, 5.74) is 0. The third-order valence-electron chi connectivity index (χ3n) is 0.963. The van der Waals surface area contributed by atoms with E-state index in [2.05, 4.69) is 12.2 Å². The molecule has 0 aromatic rings. The third kappa shape index (κ3) is 6.18. The molecule has 0 bridgehead atoms. The molecule has 0 aromatic heterocycles. The van der Waals surface area contributed by atoms with Gasteiger partial charge in [0.2, 0.25) is 0 Å². The van der Waals surface area contributed by atoms with E-state index in [1.165, 1.54) is 0 Å². The largest absolute Gasteiger partial charge is 0.484 e. The summed E-state index contributed by atoms with van der Waals surface area (Å²) in [6.45, 7) is -0.425. The Bertz CT molecular complexity index is 117. The lowest BCUT2D eigenvalue weighted by atomic mass is 10.4. The topological polar surface area (TPSA) is 69.9 Å². The minimum atomic E-state index is -0.897. The van der Waals surface area contributed by atoms with E-state index in [9.17, 15) is 0 Å². The fraction of sp³-hybridized carbons (Fsp3) is 0.833. The van der Waals surface area contributed by atoms with Gasteiger partial charge in [0.15, 0.2) is 5.05 Å². The molecule has 4 nitrogen and oxygen atoms in total. The van der Waals surface area contributed by atoms with E-state index in [0.29, 0.717) is 0 Å². The van der Waals surface area contributed by atoms with Crippen LogP contribution in [0.2, 0.25) is 0 Å². The second-order valence-corrected chi connectivity index (χ2v) is 2.45. The summed E-state index contributed by atoms with van der Waals surface area (Å²) in [7, 11) is 0. The van der Waals surface area contributed by atoms with Crippen molar-refractivity contribution < 1.29 is 20.1 Å². The molecule has 0 aliphatic rings. The standard InChI is InChI=1S/C6H12O4S/c7-2-1-6(11)10-4-5(9)3-8/h5,7-9H,1-4H2. The first-order chi connectivity index (χ1) is 5.20. The molecule has 66 valence electrons. The molecular weight excluding hydrogens is 168 g/mol. The van der Waals surface area contributed by atoms with Crippen molar-refractivity contribution in [3.05, 3.63) is 0 Å². The first kappa shape index (κ1) is 10.8. The Hall–Kier alpha value is -0.230. The van der Waals surface area contributed by atoms with Crippen molar-refractivity contribution in [3.8, 4) is 0 Å². The molecule has 1 unspecified atom stereocenters. The van der Waals surface area contributed by atoms with E-state index in [1.807, 2.05) is 0 Å². The van der Waals surface area contributed by atoms with Gasteiger partial charge in [0.05, 0.1) is 13.2 Å². The monoisotopic (exact) mass is 180 g/mol. The lowest BCUT2D eigenvalue weighted by Gasteiger charge is -2.09. The molecular formula is C6H12O4S. The summed E-state index contributed by atoms with van der Waals surface area (Å²) in [5, 5.41) is 25.8. The summed E-state index contributed by atoms with van der Waals surface area (Å²) in [6.07, 6.45) is -0.611. The smallest absolute Gasteiger partial charge is 0.162 e. The molecule has 0 radical (unpaired) electrons. The Morgan fingerprint density at radius 3 is 2.55 bits per heavy atom. The van der Waals surface area contributed by atoms with Crippen molar-refractivity contribution in [3.63, 3.8) is 0 Å². The van der Waals surface area contributed by atoms with Crippen LogP contribution in [-0.2, 0) is 4.74 Å². The molecule has 0 spiro atoms. The summed E-state index contributed by atoms with van der Waals surface area (Å²) in [5.74, 6) is 0. The Kier molecular flexibility index (Phi) is 6.34. The zero-order valence-corrected chi connectivity index (χ0v) is 6.88. The van der Waals surface area contributed by atoms with E-state index in [1.54, 1.807) is 0 Å². The lowest BCUT2D eigenvalue weighted by Crippen LogP contribution is -2.21. The van der Waals surface area contributed by atoms with Crippen LogP contribution in [0.3, 0.4) is 0 Å². The van der Waals surface area contributed by atoms with E-state index in [0.717, 1.165) is 0 Å². The Morgan fingerprint density at radius 2 is 2.09 bits per heavy atom. The van der Waals surface area contributed by atoms with Gasteiger partial charge in [-0.15, -0.1) is 0 Å². The molecule has 0 saturated heterocycles. The number of hydrogen-bond donors (Lipinski definition) is 3. The quantitative estimate of drug-likeness (QED) is 0.477. The average molecular weight is 180 g/mol. The van der Waals surface area contributed by atoms with Crippen LogP contribution < -0.4 is 0 Å². The van der Waals surface area contributed by atoms with Gasteiger partial charge in [-0.1, -0.05) is 0 Å². The molecule has 1 atom stereocenters. The van der Waals surface area contributed by atoms with E-state index < -0.39 is 6.10 Å². The molecule has 0 aromatic carbocycles. The van der Waals surface area contributed by atoms with Crippen molar-refractivity contribution in [1.82, 2.24) is 0 Å². The zero-order chi connectivity index (χ0) is 8.69. The highest BCUT2D eigenvalue weighted by Gasteiger charge is 2.03. The summed E-state index contributed by atoms with van der Waals surface area (Å²) >= 11 is 4.64. The van der Waals surface area contributed by atoms with Gasteiger partial charge in [0.1, 0.15) is 12.7 Å². The number of aliphatic hydroxyl groups is 3. The summed E-state index contributed by atoms with van der Waals surface area (Å²) in [4.78, 5) is 0. The first-order valence-electron chi connectivity index (χ1n) is 3.26. The molecule has 0 fully saturated rings. The Labute approximate surface area is 70.4 Å². The van der Waals surface area contributed by atoms with Gasteiger partial charge >= 0.3 is 0 Å². The van der Waals surface area contributed by atoms with Crippen LogP contribution >= 0.6 is 12.2 Å². The second kappa shape index (κ2) is 6.48. The third-order valence-corrected chi connectivity index (χ3v) is 1.29. The number of hydrogen-bond acceptors (Lipinski definition) is 5. The highest BCUT2D eigenvalue weighted by molar-refractivity contribution is 7.80. The number of ether oxygens (including phenoxy) is 1. The molecule has 11 heavy (non-hydrogen) atoms. The minimum absolute atomic E-state index is 0.0185. The SMILES string of the molecule is OCCC(=S)OCC(O)CO. The van der Waals surface area contributed by atoms with Crippen LogP contribution in [0.15, 0.2) is 0 Å². The van der Waals surface area contributed by atoms with Crippen molar-refractivity contribution in [2.45, 2.75) is 12.5 Å². The van der Waals surface area contributed by atoms with E-state index in [4.69, 9.17) is 20.1 Å². The Morgan fingerprint density at radius 1 is 1.45 bits per heavy atom. The molecule has 5 heteroatoms. The number of rotatable bonds is 5. The van der Waals surface area contributed by atoms with Crippen LogP contribution in [0.5, 0.6) is 0 Å². The van der Waals surface area contributed by atoms with Gasteiger partial charge in [0.25, 0.3) is 0 Å². The van der Waals surface area contributed by atoms with Gasteiger partial charge < -0.3 is 20.1 Å². The number of aliphatic hydroxyl groups excluding tert-OH is 3. The van der Waals surface area contributed by atoms with Gasteiger partial charge in [0, 0.05) is 6.42 Å². The van der Waals surface area contributed by atoms with E-state index in [-0.39, 0.29) is 31.3 Å². The zero-order valence-electron chi connectivity index (χ0n) is 6.06. The number of thiocarbonyl (C=S) groups is 1. The predicted molar refractivity (Wildman–Crippen MR) is 43.3 cm³/mol. The van der Waals surface area contributed by atoms with Crippen molar-refractivity contribution in [2.75, 3.05) is 19.8 Å². The van der Waals surface area contributed by atoms with Crippen LogP contribution in [-0.4, -0.2) is 46.3 Å². The van der Waals surface area contributed by atoms with Crippen molar-refractivity contribution in [2.24, 2.45) is 0 Å². The maximum Gasteiger partial charge on any atom is 0.162 e. The van der Waals surface area contributed by atoms with Crippen LogP contribution in [0.4, 0.5) is 0 Å². The molecule has 3 N–H and O–H groups in total.